The minimum atomic E-state index is -0.597. The molecular weight excluding hydrogens is 238 g/mol. The molecule has 0 aliphatic rings. The van der Waals surface area contributed by atoms with Crippen LogP contribution in [0.5, 0.6) is 0 Å². The number of hydrogen-bond donors (Lipinski definition) is 4. The average molecular weight is 257 g/mol. The maximum Gasteiger partial charge on any atom is 0.239 e. The van der Waals surface area contributed by atoms with E-state index in [4.69, 9.17) is 11.5 Å². The van der Waals surface area contributed by atoms with Gasteiger partial charge in [0, 0.05) is 13.5 Å². The van der Waals surface area contributed by atoms with Gasteiger partial charge in [0.1, 0.15) is 6.29 Å². The van der Waals surface area contributed by atoms with Crippen molar-refractivity contribution < 1.29 is 14.4 Å². The largest absolute Gasteiger partial charge is 0.370 e. The highest BCUT2D eigenvalue weighted by Crippen LogP contribution is 1.95. The van der Waals surface area contributed by atoms with Crippen LogP contribution in [0, 0.1) is 0 Å². The van der Waals surface area contributed by atoms with E-state index in [-0.39, 0.29) is 18.4 Å². The molecule has 18 heavy (non-hydrogen) atoms. The van der Waals surface area contributed by atoms with Crippen molar-refractivity contribution in [2.45, 2.75) is 25.8 Å². The zero-order valence-corrected chi connectivity index (χ0v) is 10.3. The van der Waals surface area contributed by atoms with E-state index in [1.807, 2.05) is 0 Å². The van der Waals surface area contributed by atoms with E-state index in [2.05, 4.69) is 15.6 Å². The number of guanidine groups is 1. The molecule has 1 atom stereocenters. The van der Waals surface area contributed by atoms with Crippen molar-refractivity contribution >= 4 is 24.1 Å². The SMILES string of the molecule is CC(=O)NCC(=O)N[C@H](C=O)CCCN=C(N)N. The van der Waals surface area contributed by atoms with Crippen LogP contribution in [0.4, 0.5) is 0 Å². The van der Waals surface area contributed by atoms with Crippen molar-refractivity contribution in [2.75, 3.05) is 13.1 Å². The minimum Gasteiger partial charge on any atom is -0.370 e. The van der Waals surface area contributed by atoms with Gasteiger partial charge in [-0.25, -0.2) is 0 Å². The second kappa shape index (κ2) is 8.97. The smallest absolute Gasteiger partial charge is 0.239 e. The lowest BCUT2D eigenvalue weighted by atomic mass is 10.2. The summed E-state index contributed by atoms with van der Waals surface area (Å²) in [5.74, 6) is -0.725. The molecule has 0 radical (unpaired) electrons. The number of rotatable bonds is 8. The van der Waals surface area contributed by atoms with Gasteiger partial charge >= 0.3 is 0 Å². The Balaban J connectivity index is 3.88. The molecule has 102 valence electrons. The summed E-state index contributed by atoms with van der Waals surface area (Å²) in [4.78, 5) is 36.4. The lowest BCUT2D eigenvalue weighted by molar-refractivity contribution is -0.126. The van der Waals surface area contributed by atoms with Gasteiger partial charge < -0.3 is 26.9 Å². The molecule has 0 aromatic rings. The number of hydrogen-bond acceptors (Lipinski definition) is 4. The molecule has 0 aliphatic heterocycles. The summed E-state index contributed by atoms with van der Waals surface area (Å²) >= 11 is 0. The highest BCUT2D eigenvalue weighted by molar-refractivity contribution is 5.85. The van der Waals surface area contributed by atoms with Crippen LogP contribution < -0.4 is 22.1 Å². The molecule has 6 N–H and O–H groups in total. The molecule has 0 aliphatic carbocycles. The van der Waals surface area contributed by atoms with Gasteiger partial charge in [0.05, 0.1) is 12.6 Å². The van der Waals surface area contributed by atoms with E-state index < -0.39 is 11.9 Å². The number of amides is 2. The summed E-state index contributed by atoms with van der Waals surface area (Å²) in [5, 5.41) is 4.81. The van der Waals surface area contributed by atoms with Gasteiger partial charge in [0.25, 0.3) is 0 Å². The van der Waals surface area contributed by atoms with Crippen molar-refractivity contribution in [3.63, 3.8) is 0 Å². The van der Waals surface area contributed by atoms with Crippen LogP contribution in [-0.4, -0.2) is 43.2 Å². The van der Waals surface area contributed by atoms with Crippen LogP contribution in [0.25, 0.3) is 0 Å². The fourth-order valence-corrected chi connectivity index (χ4v) is 1.16. The van der Waals surface area contributed by atoms with E-state index in [1.54, 1.807) is 0 Å². The Labute approximate surface area is 105 Å². The van der Waals surface area contributed by atoms with E-state index in [0.29, 0.717) is 25.7 Å². The van der Waals surface area contributed by atoms with Gasteiger partial charge in [0.2, 0.25) is 11.8 Å². The van der Waals surface area contributed by atoms with Gasteiger partial charge in [-0.3, -0.25) is 14.6 Å². The third kappa shape index (κ3) is 9.13. The number of carbonyl (C=O) groups excluding carboxylic acids is 3. The van der Waals surface area contributed by atoms with Crippen LogP contribution in [0.1, 0.15) is 19.8 Å². The van der Waals surface area contributed by atoms with Crippen molar-refractivity contribution in [1.82, 2.24) is 10.6 Å². The molecule has 0 saturated carbocycles. The molecule has 0 heterocycles. The van der Waals surface area contributed by atoms with Gasteiger partial charge in [0.15, 0.2) is 5.96 Å². The fourth-order valence-electron chi connectivity index (χ4n) is 1.16. The van der Waals surface area contributed by atoms with Crippen LogP contribution in [0.2, 0.25) is 0 Å². The molecule has 0 bridgehead atoms. The Morgan fingerprint density at radius 1 is 1.39 bits per heavy atom. The topological polar surface area (TPSA) is 140 Å². The second-order valence-corrected chi connectivity index (χ2v) is 3.67. The lowest BCUT2D eigenvalue weighted by Gasteiger charge is -2.12. The first-order valence-corrected chi connectivity index (χ1v) is 5.50. The summed E-state index contributed by atoms with van der Waals surface area (Å²) in [5.41, 5.74) is 10.3. The second-order valence-electron chi connectivity index (χ2n) is 3.67. The van der Waals surface area contributed by atoms with Gasteiger partial charge in [-0.05, 0) is 12.8 Å². The molecule has 0 rings (SSSR count). The predicted molar refractivity (Wildman–Crippen MR) is 66.6 cm³/mol. The van der Waals surface area contributed by atoms with Crippen LogP contribution in [-0.2, 0) is 14.4 Å². The maximum atomic E-state index is 11.3. The quantitative estimate of drug-likeness (QED) is 0.170. The molecule has 8 nitrogen and oxygen atoms in total. The molecule has 0 aromatic carbocycles. The van der Waals surface area contributed by atoms with Gasteiger partial charge in [-0.1, -0.05) is 0 Å². The van der Waals surface area contributed by atoms with Crippen LogP contribution in [0.3, 0.4) is 0 Å². The van der Waals surface area contributed by atoms with E-state index in [0.717, 1.165) is 0 Å². The number of nitrogens with two attached hydrogens (primary N) is 2. The average Bonchev–Trinajstić information content (AvgIpc) is 2.30. The van der Waals surface area contributed by atoms with Gasteiger partial charge in [-0.15, -0.1) is 0 Å². The summed E-state index contributed by atoms with van der Waals surface area (Å²) in [6.45, 7) is 1.56. The Bertz CT molecular complexity index is 325. The molecule has 0 unspecified atom stereocenters. The highest BCUT2D eigenvalue weighted by Gasteiger charge is 2.10. The molecule has 2 amide bonds. The van der Waals surface area contributed by atoms with E-state index in [1.165, 1.54) is 6.92 Å². The normalized spacial score (nSPS) is 11.2. The first-order valence-electron chi connectivity index (χ1n) is 5.50. The third-order valence-corrected chi connectivity index (χ3v) is 1.98. The van der Waals surface area contributed by atoms with Crippen LogP contribution in [0.15, 0.2) is 4.99 Å². The number of nitrogens with one attached hydrogen (secondary N) is 2. The molecule has 0 spiro atoms. The zero-order valence-electron chi connectivity index (χ0n) is 10.3. The minimum absolute atomic E-state index is 0.00709. The van der Waals surface area contributed by atoms with E-state index >= 15 is 0 Å². The number of aliphatic imine (C=N–C) groups is 1. The number of carbonyl (C=O) groups is 3. The Morgan fingerprint density at radius 2 is 2.06 bits per heavy atom. The van der Waals surface area contributed by atoms with Crippen molar-refractivity contribution in [1.29, 1.82) is 0 Å². The first kappa shape index (κ1) is 15.9. The summed E-state index contributed by atoms with van der Waals surface area (Å²) in [6.07, 6.45) is 1.65. The molecular formula is C10H19N5O3. The van der Waals surface area contributed by atoms with E-state index in [9.17, 15) is 14.4 Å². The summed E-state index contributed by atoms with van der Waals surface area (Å²) < 4.78 is 0. The Hall–Kier alpha value is -2.12. The lowest BCUT2D eigenvalue weighted by Crippen LogP contribution is -2.42. The molecule has 0 saturated heterocycles. The Kier molecular flexibility index (Phi) is 7.91. The predicted octanol–water partition coefficient (Wildman–Crippen LogP) is -2.14. The molecule has 0 aromatic heterocycles. The fraction of sp³-hybridized carbons (Fsp3) is 0.600. The number of aldehydes is 1. The first-order chi connectivity index (χ1) is 8.45. The maximum absolute atomic E-state index is 11.3. The van der Waals surface area contributed by atoms with Crippen LogP contribution >= 0.6 is 0 Å². The van der Waals surface area contributed by atoms with Crippen molar-refractivity contribution in [3.8, 4) is 0 Å². The molecule has 0 fully saturated rings. The summed E-state index contributed by atoms with van der Waals surface area (Å²) in [6, 6.07) is -0.597. The Morgan fingerprint density at radius 3 is 2.56 bits per heavy atom. The van der Waals surface area contributed by atoms with Crippen molar-refractivity contribution in [2.24, 2.45) is 16.5 Å². The van der Waals surface area contributed by atoms with Crippen molar-refractivity contribution in [3.05, 3.63) is 0 Å². The highest BCUT2D eigenvalue weighted by atomic mass is 16.2. The standard InChI is InChI=1S/C10H19N5O3/c1-7(17)14-5-9(18)15-8(6-16)3-2-4-13-10(11)12/h6,8H,2-5H2,1H3,(H,14,17)(H,15,18)(H4,11,12,13)/t8-/m0/s1. The monoisotopic (exact) mass is 257 g/mol. The number of nitrogens with zero attached hydrogens (tertiary/aromatic N) is 1. The molecule has 8 heteroatoms. The van der Waals surface area contributed by atoms with Gasteiger partial charge in [-0.2, -0.15) is 0 Å². The summed E-state index contributed by atoms with van der Waals surface area (Å²) in [7, 11) is 0. The third-order valence-electron chi connectivity index (χ3n) is 1.98. The zero-order chi connectivity index (χ0) is 14.0.